The molecule has 2 aromatic rings. The molecule has 4 rings (SSSR count). The van der Waals surface area contributed by atoms with E-state index < -0.39 is 12.0 Å². The molecule has 0 radical (unpaired) electrons. The van der Waals surface area contributed by atoms with Gasteiger partial charge in [0.2, 0.25) is 5.91 Å². The molecule has 0 aliphatic carbocycles. The van der Waals surface area contributed by atoms with E-state index in [1.807, 2.05) is 24.5 Å². The predicted molar refractivity (Wildman–Crippen MR) is 119 cm³/mol. The fourth-order valence-corrected chi connectivity index (χ4v) is 4.27. The molecule has 1 unspecified atom stereocenters. The van der Waals surface area contributed by atoms with E-state index in [1.54, 1.807) is 31.2 Å². The van der Waals surface area contributed by atoms with Gasteiger partial charge >= 0.3 is 5.97 Å². The lowest BCUT2D eigenvalue weighted by molar-refractivity contribution is -0.123. The van der Waals surface area contributed by atoms with Crippen LogP contribution in [-0.4, -0.2) is 77.9 Å². The molecule has 0 spiro atoms. The third kappa shape index (κ3) is 4.87. The number of carbonyl (C=O) groups is 3. The Morgan fingerprint density at radius 3 is 2.38 bits per heavy atom. The van der Waals surface area contributed by atoms with Gasteiger partial charge in [0.25, 0.3) is 5.91 Å². The van der Waals surface area contributed by atoms with E-state index in [2.05, 4.69) is 14.8 Å². The van der Waals surface area contributed by atoms with Crippen molar-refractivity contribution in [1.82, 2.24) is 14.8 Å². The normalized spacial score (nSPS) is 20.0. The SMILES string of the molecule is CCOC(=O)c1ccc(N2C(=O)CC(N3CCN(CCc4ccncc4)CC3)C2=O)cc1. The first-order valence-corrected chi connectivity index (χ1v) is 11.1. The van der Waals surface area contributed by atoms with Crippen LogP contribution in [0.25, 0.3) is 0 Å². The Morgan fingerprint density at radius 2 is 1.72 bits per heavy atom. The van der Waals surface area contributed by atoms with Crippen LogP contribution in [-0.2, 0) is 20.7 Å². The molecule has 1 aromatic carbocycles. The van der Waals surface area contributed by atoms with Crippen LogP contribution in [0.1, 0.15) is 29.3 Å². The minimum Gasteiger partial charge on any atom is -0.462 e. The molecule has 1 aromatic heterocycles. The molecule has 2 aliphatic rings. The van der Waals surface area contributed by atoms with Gasteiger partial charge in [-0.05, 0) is 55.3 Å². The van der Waals surface area contributed by atoms with Gasteiger partial charge in [0, 0.05) is 45.1 Å². The monoisotopic (exact) mass is 436 g/mol. The summed E-state index contributed by atoms with van der Waals surface area (Å²) in [5.41, 5.74) is 2.16. The number of anilines is 1. The lowest BCUT2D eigenvalue weighted by Gasteiger charge is -2.37. The van der Waals surface area contributed by atoms with Crippen molar-refractivity contribution in [2.24, 2.45) is 0 Å². The second-order valence-electron chi connectivity index (χ2n) is 8.04. The van der Waals surface area contributed by atoms with Crippen molar-refractivity contribution in [2.45, 2.75) is 25.8 Å². The van der Waals surface area contributed by atoms with Crippen molar-refractivity contribution in [2.75, 3.05) is 44.2 Å². The average molecular weight is 437 g/mol. The summed E-state index contributed by atoms with van der Waals surface area (Å²) in [5.74, 6) is -0.814. The minimum atomic E-state index is -0.422. The van der Waals surface area contributed by atoms with Gasteiger partial charge in [0.05, 0.1) is 30.3 Å². The summed E-state index contributed by atoms with van der Waals surface area (Å²) in [5, 5.41) is 0. The Morgan fingerprint density at radius 1 is 1.03 bits per heavy atom. The number of pyridine rings is 1. The highest BCUT2D eigenvalue weighted by molar-refractivity contribution is 6.22. The van der Waals surface area contributed by atoms with E-state index in [1.165, 1.54) is 10.5 Å². The van der Waals surface area contributed by atoms with Crippen molar-refractivity contribution in [1.29, 1.82) is 0 Å². The topological polar surface area (TPSA) is 83.1 Å². The van der Waals surface area contributed by atoms with Gasteiger partial charge < -0.3 is 9.64 Å². The highest BCUT2D eigenvalue weighted by Gasteiger charge is 2.43. The molecule has 0 N–H and O–H groups in total. The zero-order chi connectivity index (χ0) is 22.5. The van der Waals surface area contributed by atoms with Crippen LogP contribution in [0, 0.1) is 0 Å². The number of nitrogens with zero attached hydrogens (tertiary/aromatic N) is 4. The van der Waals surface area contributed by atoms with Crippen molar-refractivity contribution < 1.29 is 19.1 Å². The van der Waals surface area contributed by atoms with Crippen molar-refractivity contribution in [3.05, 3.63) is 59.9 Å². The maximum Gasteiger partial charge on any atom is 0.338 e. The van der Waals surface area contributed by atoms with Crippen molar-refractivity contribution in [3.63, 3.8) is 0 Å². The molecule has 3 heterocycles. The number of amides is 2. The highest BCUT2D eigenvalue weighted by atomic mass is 16.5. The Kier molecular flexibility index (Phi) is 6.92. The Bertz CT molecular complexity index is 956. The number of esters is 1. The van der Waals surface area contributed by atoms with E-state index in [9.17, 15) is 14.4 Å². The number of carbonyl (C=O) groups excluding carboxylic acids is 3. The van der Waals surface area contributed by atoms with Crippen LogP contribution in [0.4, 0.5) is 5.69 Å². The average Bonchev–Trinajstić information content (AvgIpc) is 3.12. The summed E-state index contributed by atoms with van der Waals surface area (Å²) < 4.78 is 4.98. The number of aromatic nitrogens is 1. The molecular weight excluding hydrogens is 408 g/mol. The summed E-state index contributed by atoms with van der Waals surface area (Å²) in [6.07, 6.45) is 4.78. The van der Waals surface area contributed by atoms with Crippen molar-refractivity contribution in [3.8, 4) is 0 Å². The lowest BCUT2D eigenvalue weighted by atomic mass is 10.1. The number of benzene rings is 1. The van der Waals surface area contributed by atoms with Gasteiger partial charge in [-0.2, -0.15) is 0 Å². The standard InChI is InChI=1S/C24H28N4O4/c1-2-32-24(31)19-3-5-20(6-4-19)28-22(29)17-21(23(28)30)27-15-13-26(14-16-27)12-9-18-7-10-25-11-8-18/h3-8,10-11,21H,2,9,12-17H2,1H3. The molecule has 2 fully saturated rings. The quantitative estimate of drug-likeness (QED) is 0.483. The Labute approximate surface area is 187 Å². The number of piperazine rings is 1. The molecule has 8 heteroatoms. The van der Waals surface area contributed by atoms with Gasteiger partial charge in [-0.15, -0.1) is 0 Å². The smallest absolute Gasteiger partial charge is 0.338 e. The lowest BCUT2D eigenvalue weighted by Crippen LogP contribution is -2.52. The van der Waals surface area contributed by atoms with Crippen molar-refractivity contribution >= 4 is 23.5 Å². The second-order valence-corrected chi connectivity index (χ2v) is 8.04. The molecule has 8 nitrogen and oxygen atoms in total. The third-order valence-electron chi connectivity index (χ3n) is 6.07. The number of rotatable bonds is 7. The van der Waals surface area contributed by atoms with E-state index in [4.69, 9.17) is 4.74 Å². The van der Waals surface area contributed by atoms with Gasteiger partial charge in [-0.1, -0.05) is 0 Å². The number of imide groups is 1. The van der Waals surface area contributed by atoms with E-state index in [-0.39, 0.29) is 18.2 Å². The molecule has 32 heavy (non-hydrogen) atoms. The van der Waals surface area contributed by atoms with Crippen LogP contribution in [0.15, 0.2) is 48.8 Å². The minimum absolute atomic E-state index is 0.190. The number of hydrogen-bond acceptors (Lipinski definition) is 7. The summed E-state index contributed by atoms with van der Waals surface area (Å²) in [6.45, 7) is 6.27. The number of hydrogen-bond donors (Lipinski definition) is 0. The first-order valence-electron chi connectivity index (χ1n) is 11.1. The van der Waals surface area contributed by atoms with Crippen LogP contribution in [0.2, 0.25) is 0 Å². The van der Waals surface area contributed by atoms with E-state index in [0.717, 1.165) is 39.1 Å². The largest absolute Gasteiger partial charge is 0.462 e. The van der Waals surface area contributed by atoms with Crippen LogP contribution in [0.3, 0.4) is 0 Å². The summed E-state index contributed by atoms with van der Waals surface area (Å²) in [4.78, 5) is 47.4. The van der Waals surface area contributed by atoms with Crippen LogP contribution < -0.4 is 4.90 Å². The molecule has 0 bridgehead atoms. The molecule has 2 amide bonds. The Balaban J connectivity index is 1.33. The fourth-order valence-electron chi connectivity index (χ4n) is 4.27. The third-order valence-corrected chi connectivity index (χ3v) is 6.07. The summed E-state index contributed by atoms with van der Waals surface area (Å²) >= 11 is 0. The van der Waals surface area contributed by atoms with Crippen LogP contribution in [0.5, 0.6) is 0 Å². The van der Waals surface area contributed by atoms with E-state index in [0.29, 0.717) is 17.9 Å². The number of ether oxygens (including phenoxy) is 1. The van der Waals surface area contributed by atoms with Gasteiger partial charge in [0.15, 0.2) is 0 Å². The van der Waals surface area contributed by atoms with Gasteiger partial charge in [0.1, 0.15) is 0 Å². The van der Waals surface area contributed by atoms with Gasteiger partial charge in [-0.25, -0.2) is 9.69 Å². The first kappa shape index (κ1) is 22.1. The molecular formula is C24H28N4O4. The molecule has 168 valence electrons. The zero-order valence-electron chi connectivity index (χ0n) is 18.3. The fraction of sp³-hybridized carbons (Fsp3) is 0.417. The maximum absolute atomic E-state index is 13.1. The van der Waals surface area contributed by atoms with Crippen LogP contribution >= 0.6 is 0 Å². The van der Waals surface area contributed by atoms with Gasteiger partial charge in [-0.3, -0.25) is 19.5 Å². The zero-order valence-corrected chi connectivity index (χ0v) is 18.3. The summed E-state index contributed by atoms with van der Waals surface area (Å²) in [6, 6.07) is 10.1. The second kappa shape index (κ2) is 10.0. The molecule has 0 saturated carbocycles. The maximum atomic E-state index is 13.1. The Hall–Kier alpha value is -3.10. The molecule has 2 saturated heterocycles. The molecule has 1 atom stereocenters. The summed E-state index contributed by atoms with van der Waals surface area (Å²) in [7, 11) is 0. The highest BCUT2D eigenvalue weighted by Crippen LogP contribution is 2.27. The first-order chi connectivity index (χ1) is 15.6. The predicted octanol–water partition coefficient (Wildman–Crippen LogP) is 1.75. The molecule has 2 aliphatic heterocycles. The van der Waals surface area contributed by atoms with E-state index >= 15 is 0 Å².